The van der Waals surface area contributed by atoms with Crippen molar-refractivity contribution < 1.29 is 4.92 Å². The van der Waals surface area contributed by atoms with Gasteiger partial charge in [-0.1, -0.05) is 42.6 Å². The highest BCUT2D eigenvalue weighted by Crippen LogP contribution is 2.25. The van der Waals surface area contributed by atoms with Crippen LogP contribution in [-0.4, -0.2) is 28.0 Å². The molecule has 0 saturated heterocycles. The largest absolute Gasteiger partial charge is 0.269 e. The quantitative estimate of drug-likeness (QED) is 0.384. The molecule has 7 heteroatoms. The zero-order chi connectivity index (χ0) is 19.9. The van der Waals surface area contributed by atoms with Gasteiger partial charge in [0.15, 0.2) is 0 Å². The lowest BCUT2D eigenvalue weighted by molar-refractivity contribution is -0.384. The van der Waals surface area contributed by atoms with E-state index < -0.39 is 8.07 Å². The van der Waals surface area contributed by atoms with Gasteiger partial charge in [-0.3, -0.25) is 10.1 Å². The Labute approximate surface area is 160 Å². The summed E-state index contributed by atoms with van der Waals surface area (Å²) < 4.78 is 1.98. The minimum atomic E-state index is -1.83. The van der Waals surface area contributed by atoms with Crippen molar-refractivity contribution in [3.8, 4) is 16.9 Å². The van der Waals surface area contributed by atoms with Crippen LogP contribution in [0.3, 0.4) is 0 Å². The molecule has 3 aromatic rings. The van der Waals surface area contributed by atoms with Crippen LogP contribution >= 0.6 is 0 Å². The molecule has 6 nitrogen and oxygen atoms in total. The van der Waals surface area contributed by atoms with Crippen LogP contribution in [0, 0.1) is 30.9 Å². The molecule has 0 aliphatic heterocycles. The van der Waals surface area contributed by atoms with Gasteiger partial charge in [-0.05, 0) is 44.0 Å². The molecule has 0 fully saturated rings. The van der Waals surface area contributed by atoms with Gasteiger partial charge in [0.2, 0.25) is 0 Å². The fourth-order valence-electron chi connectivity index (χ4n) is 3.55. The predicted molar refractivity (Wildman–Crippen MR) is 111 cm³/mol. The Balaban J connectivity index is 2.23. The van der Waals surface area contributed by atoms with E-state index in [1.807, 2.05) is 4.68 Å². The zero-order valence-electron chi connectivity index (χ0n) is 16.6. The number of nitrogens with zero attached hydrogens (tertiary/aromatic N) is 4. The summed E-state index contributed by atoms with van der Waals surface area (Å²) in [6.45, 7) is 13.1. The first kappa shape index (κ1) is 19.0. The fourth-order valence-corrected chi connectivity index (χ4v) is 5.25. The van der Waals surface area contributed by atoms with Crippen molar-refractivity contribution in [3.63, 3.8) is 0 Å². The minimum Gasteiger partial charge on any atom is -0.258 e. The molecule has 0 aliphatic rings. The molecule has 0 unspecified atom stereocenters. The van der Waals surface area contributed by atoms with Gasteiger partial charge < -0.3 is 0 Å². The van der Waals surface area contributed by atoms with Crippen molar-refractivity contribution in [3.05, 3.63) is 63.2 Å². The number of hydrogen-bond donors (Lipinski definition) is 0. The smallest absolute Gasteiger partial charge is 0.258 e. The van der Waals surface area contributed by atoms with Crippen molar-refractivity contribution in [1.29, 1.82) is 0 Å². The van der Waals surface area contributed by atoms with E-state index in [4.69, 9.17) is 0 Å². The predicted octanol–water partition coefficient (Wildman–Crippen LogP) is 4.31. The molecule has 1 aromatic heterocycles. The molecule has 0 spiro atoms. The first-order valence-electron chi connectivity index (χ1n) is 8.89. The Morgan fingerprint density at radius 2 is 1.56 bits per heavy atom. The first-order valence-corrected chi connectivity index (χ1v) is 12.4. The SMILES string of the molecule is Cc1cc(C)c(-n2nnc(-c3ccc([N+](=O)[O-])cc3)c2[Si](C)(C)C)c(C)c1. The summed E-state index contributed by atoms with van der Waals surface area (Å²) in [6.07, 6.45) is 0. The lowest BCUT2D eigenvalue weighted by Crippen LogP contribution is -2.44. The highest BCUT2D eigenvalue weighted by atomic mass is 28.3. The van der Waals surface area contributed by atoms with Crippen LogP contribution in [0.4, 0.5) is 5.69 Å². The molecule has 0 aliphatic carbocycles. The van der Waals surface area contributed by atoms with Gasteiger partial charge in [-0.15, -0.1) is 5.10 Å². The highest BCUT2D eigenvalue weighted by Gasteiger charge is 2.29. The van der Waals surface area contributed by atoms with E-state index in [0.29, 0.717) is 0 Å². The second-order valence-electron chi connectivity index (χ2n) is 8.00. The standard InChI is InChI=1S/C20H24N4O2Si/c1-13-11-14(2)19(15(3)12-13)23-20(27(4,5)6)18(21-22-23)16-7-9-17(10-8-16)24(25)26/h7-12H,1-6H3. The molecule has 0 atom stereocenters. The Hall–Kier alpha value is -2.80. The summed E-state index contributed by atoms with van der Waals surface area (Å²) in [7, 11) is -1.83. The molecule has 0 amide bonds. The number of non-ortho nitro benzene ring substituents is 1. The Kier molecular flexibility index (Phi) is 4.73. The molecule has 2 aromatic carbocycles. The second-order valence-corrected chi connectivity index (χ2v) is 13.0. The van der Waals surface area contributed by atoms with Crippen LogP contribution in [0.1, 0.15) is 16.7 Å². The van der Waals surface area contributed by atoms with E-state index in [9.17, 15) is 10.1 Å². The molecule has 140 valence electrons. The monoisotopic (exact) mass is 380 g/mol. The number of hydrogen-bond acceptors (Lipinski definition) is 4. The van der Waals surface area contributed by atoms with E-state index in [1.165, 1.54) is 17.7 Å². The van der Waals surface area contributed by atoms with Gasteiger partial charge in [0.05, 0.1) is 15.9 Å². The molecule has 0 N–H and O–H groups in total. The Bertz CT molecular complexity index is 994. The number of aromatic nitrogens is 3. The van der Waals surface area contributed by atoms with Crippen LogP contribution in [0.25, 0.3) is 16.9 Å². The lowest BCUT2D eigenvalue weighted by atomic mass is 10.1. The van der Waals surface area contributed by atoms with Crippen LogP contribution in [0.2, 0.25) is 19.6 Å². The van der Waals surface area contributed by atoms with Crippen molar-refractivity contribution in [2.45, 2.75) is 40.4 Å². The van der Waals surface area contributed by atoms with E-state index in [0.717, 1.165) is 33.4 Å². The van der Waals surface area contributed by atoms with Crippen molar-refractivity contribution in [1.82, 2.24) is 15.0 Å². The maximum absolute atomic E-state index is 10.9. The number of nitro groups is 1. The van der Waals surface area contributed by atoms with Crippen LogP contribution < -0.4 is 5.32 Å². The van der Waals surface area contributed by atoms with Gasteiger partial charge in [0.25, 0.3) is 5.69 Å². The van der Waals surface area contributed by atoms with E-state index in [-0.39, 0.29) is 10.6 Å². The van der Waals surface area contributed by atoms with Crippen molar-refractivity contribution >= 4 is 19.1 Å². The van der Waals surface area contributed by atoms with Gasteiger partial charge in [0.1, 0.15) is 13.8 Å². The van der Waals surface area contributed by atoms with Gasteiger partial charge in [-0.25, -0.2) is 4.68 Å². The average Bonchev–Trinajstić information content (AvgIpc) is 2.99. The molecule has 0 bridgehead atoms. The number of benzene rings is 2. The van der Waals surface area contributed by atoms with E-state index in [2.05, 4.69) is 62.9 Å². The summed E-state index contributed by atoms with van der Waals surface area (Å²) in [4.78, 5) is 10.6. The average molecular weight is 381 g/mol. The molecule has 0 saturated carbocycles. The minimum absolute atomic E-state index is 0.0749. The number of nitro benzene ring substituents is 1. The molecule has 1 heterocycles. The summed E-state index contributed by atoms with van der Waals surface area (Å²) in [5.41, 5.74) is 6.35. The first-order chi connectivity index (χ1) is 12.6. The molecule has 0 radical (unpaired) electrons. The number of aryl methyl sites for hydroxylation is 3. The highest BCUT2D eigenvalue weighted by molar-refractivity contribution is 6.89. The van der Waals surface area contributed by atoms with E-state index >= 15 is 0 Å². The summed E-state index contributed by atoms with van der Waals surface area (Å²) in [5, 5.41) is 21.1. The van der Waals surface area contributed by atoms with Gasteiger partial charge in [-0.2, -0.15) is 0 Å². The van der Waals surface area contributed by atoms with Gasteiger partial charge in [0, 0.05) is 17.7 Å². The third kappa shape index (κ3) is 3.55. The molecular weight excluding hydrogens is 356 g/mol. The molecular formula is C20H24N4O2Si. The topological polar surface area (TPSA) is 73.8 Å². The zero-order valence-corrected chi connectivity index (χ0v) is 17.6. The Morgan fingerprint density at radius 3 is 2.04 bits per heavy atom. The van der Waals surface area contributed by atoms with Crippen molar-refractivity contribution in [2.24, 2.45) is 0 Å². The van der Waals surface area contributed by atoms with Gasteiger partial charge >= 0.3 is 0 Å². The summed E-state index contributed by atoms with van der Waals surface area (Å²) >= 11 is 0. The molecule has 27 heavy (non-hydrogen) atoms. The third-order valence-corrected chi connectivity index (χ3v) is 6.45. The summed E-state index contributed by atoms with van der Waals surface area (Å²) in [6, 6.07) is 10.9. The Morgan fingerprint density at radius 1 is 1.00 bits per heavy atom. The van der Waals surface area contributed by atoms with Crippen LogP contribution in [0.5, 0.6) is 0 Å². The molecule has 3 rings (SSSR count). The third-order valence-electron chi connectivity index (χ3n) is 4.58. The lowest BCUT2D eigenvalue weighted by Gasteiger charge is -2.21. The van der Waals surface area contributed by atoms with Crippen LogP contribution in [-0.2, 0) is 0 Å². The normalized spacial score (nSPS) is 11.6. The van der Waals surface area contributed by atoms with Crippen LogP contribution in [0.15, 0.2) is 36.4 Å². The van der Waals surface area contributed by atoms with Crippen molar-refractivity contribution in [2.75, 3.05) is 0 Å². The number of rotatable bonds is 4. The fraction of sp³-hybridized carbons (Fsp3) is 0.300. The maximum Gasteiger partial charge on any atom is 0.269 e. The second kappa shape index (κ2) is 6.73. The van der Waals surface area contributed by atoms with E-state index in [1.54, 1.807) is 12.1 Å². The summed E-state index contributed by atoms with van der Waals surface area (Å²) in [5.74, 6) is 0. The maximum atomic E-state index is 10.9.